The zero-order chi connectivity index (χ0) is 33.1. The standard InChI is InChI=1S/C39H51N5O2S/c1-23-31(35-40-29-10-8-9-11-30(29)47-35)32(42-41-23)27-12-24(17-43-21-38(6)15-25(43)13-36(2,3)19-38)33(45)28(34(27)46)18-44-22-39(7)16-26(44)14-37(4,5)20-39/h8-12,25-26,45-46H,13-22H2,1-7H3,(H,41,42)/t25-,26-,38+,39+/m1/s1. The molecule has 0 radical (unpaired) electrons. The molecule has 7 nitrogen and oxygen atoms in total. The number of phenolic OH excluding ortho intramolecular Hbond substituents is 2. The summed E-state index contributed by atoms with van der Waals surface area (Å²) in [7, 11) is 0. The quantitative estimate of drug-likeness (QED) is 0.193. The van der Waals surface area contributed by atoms with Crippen LogP contribution < -0.4 is 0 Å². The summed E-state index contributed by atoms with van der Waals surface area (Å²) in [6.45, 7) is 19.7. The van der Waals surface area contributed by atoms with Crippen LogP contribution in [0.5, 0.6) is 11.5 Å². The highest BCUT2D eigenvalue weighted by Gasteiger charge is 2.51. The first-order valence-corrected chi connectivity index (χ1v) is 18.4. The van der Waals surface area contributed by atoms with Crippen molar-refractivity contribution < 1.29 is 10.2 Å². The number of phenols is 2. The van der Waals surface area contributed by atoms with Gasteiger partial charge >= 0.3 is 0 Å². The number of rotatable bonds is 6. The lowest BCUT2D eigenvalue weighted by Crippen LogP contribution is -2.34. The lowest BCUT2D eigenvalue weighted by Gasteiger charge is -2.40. The van der Waals surface area contributed by atoms with E-state index >= 15 is 0 Å². The number of nitrogens with one attached hydrogen (secondary N) is 1. The molecule has 2 saturated carbocycles. The predicted molar refractivity (Wildman–Crippen MR) is 191 cm³/mol. The Labute approximate surface area is 283 Å². The average Bonchev–Trinajstić information content (AvgIpc) is 3.67. The third-order valence-electron chi connectivity index (χ3n) is 11.9. The number of H-pyrrole nitrogens is 1. The van der Waals surface area contributed by atoms with Crippen LogP contribution in [0, 0.1) is 28.6 Å². The van der Waals surface area contributed by atoms with E-state index in [2.05, 4.69) is 62.5 Å². The van der Waals surface area contributed by atoms with Crippen LogP contribution in [0.3, 0.4) is 0 Å². The molecule has 8 heteroatoms. The number of aromatic nitrogens is 3. The Kier molecular flexibility index (Phi) is 7.02. The third-order valence-corrected chi connectivity index (χ3v) is 13.0. The summed E-state index contributed by atoms with van der Waals surface area (Å²) < 4.78 is 1.12. The second-order valence-electron chi connectivity index (χ2n) is 18.1. The lowest BCUT2D eigenvalue weighted by atomic mass is 9.65. The second-order valence-corrected chi connectivity index (χ2v) is 19.1. The van der Waals surface area contributed by atoms with Crippen molar-refractivity contribution in [1.29, 1.82) is 0 Å². The van der Waals surface area contributed by atoms with Crippen LogP contribution in [0.15, 0.2) is 30.3 Å². The van der Waals surface area contributed by atoms with Crippen molar-refractivity contribution in [2.75, 3.05) is 13.1 Å². The fourth-order valence-corrected chi connectivity index (χ4v) is 12.1. The van der Waals surface area contributed by atoms with Gasteiger partial charge in [0, 0.05) is 55.1 Å². The van der Waals surface area contributed by atoms with E-state index in [9.17, 15) is 10.2 Å². The van der Waals surface area contributed by atoms with Crippen LogP contribution in [0.2, 0.25) is 0 Å². The summed E-state index contributed by atoms with van der Waals surface area (Å²) in [6, 6.07) is 11.2. The molecule has 2 aromatic carbocycles. The predicted octanol–water partition coefficient (Wildman–Crippen LogP) is 8.87. The van der Waals surface area contributed by atoms with Gasteiger partial charge in [-0.3, -0.25) is 14.9 Å². The number of fused-ring (bicyclic) bond motifs is 5. The molecule has 0 unspecified atom stereocenters. The van der Waals surface area contributed by atoms with Crippen molar-refractivity contribution in [2.45, 2.75) is 112 Å². The Morgan fingerprint density at radius 1 is 0.851 bits per heavy atom. The van der Waals surface area contributed by atoms with Gasteiger partial charge in [0.2, 0.25) is 0 Å². The number of hydrogen-bond acceptors (Lipinski definition) is 7. The minimum atomic E-state index is 0.138. The Morgan fingerprint density at radius 2 is 1.47 bits per heavy atom. The number of hydrogen-bond donors (Lipinski definition) is 3. The highest BCUT2D eigenvalue weighted by atomic mass is 32.1. The van der Waals surface area contributed by atoms with E-state index in [1.807, 2.05) is 31.2 Å². The van der Waals surface area contributed by atoms with E-state index in [4.69, 9.17) is 10.1 Å². The molecule has 2 aliphatic carbocycles. The molecule has 2 saturated heterocycles. The van der Waals surface area contributed by atoms with Gasteiger partial charge in [0.25, 0.3) is 0 Å². The van der Waals surface area contributed by atoms with Crippen LogP contribution >= 0.6 is 11.3 Å². The number of aromatic hydroxyl groups is 2. The van der Waals surface area contributed by atoms with E-state index < -0.39 is 0 Å². The summed E-state index contributed by atoms with van der Waals surface area (Å²) in [5.74, 6) is 0.385. The molecule has 2 aromatic heterocycles. The zero-order valence-corrected chi connectivity index (χ0v) is 30.0. The van der Waals surface area contributed by atoms with Crippen LogP contribution in [0.4, 0.5) is 0 Å². The van der Waals surface area contributed by atoms with Gasteiger partial charge in [-0.15, -0.1) is 11.3 Å². The fraction of sp³-hybridized carbons (Fsp3) is 0.590. The van der Waals surface area contributed by atoms with E-state index in [0.29, 0.717) is 58.2 Å². The van der Waals surface area contributed by atoms with Gasteiger partial charge in [-0.25, -0.2) is 4.98 Å². The fourth-order valence-electron chi connectivity index (χ4n) is 11.0. The third kappa shape index (κ3) is 5.48. The van der Waals surface area contributed by atoms with Gasteiger partial charge < -0.3 is 10.2 Å². The Balaban J connectivity index is 1.23. The number of aromatic amines is 1. The minimum absolute atomic E-state index is 0.138. The van der Waals surface area contributed by atoms with Gasteiger partial charge in [0.1, 0.15) is 22.2 Å². The van der Waals surface area contributed by atoms with Crippen molar-refractivity contribution in [3.8, 4) is 33.3 Å². The maximum atomic E-state index is 12.2. The monoisotopic (exact) mass is 653 g/mol. The van der Waals surface area contributed by atoms with Crippen molar-refractivity contribution in [1.82, 2.24) is 25.0 Å². The number of thiazole rings is 1. The van der Waals surface area contributed by atoms with Crippen LogP contribution in [0.1, 0.15) is 96.9 Å². The molecule has 4 bridgehead atoms. The number of nitrogens with zero attached hydrogens (tertiary/aromatic N) is 4. The highest BCUT2D eigenvalue weighted by molar-refractivity contribution is 7.21. The van der Waals surface area contributed by atoms with Gasteiger partial charge in [-0.05, 0) is 85.3 Å². The summed E-state index contributed by atoms with van der Waals surface area (Å²) in [5.41, 5.74) is 6.84. The number of aryl methyl sites for hydroxylation is 1. The van der Waals surface area contributed by atoms with E-state index in [1.54, 1.807) is 11.3 Å². The molecular formula is C39H51N5O2S. The van der Waals surface area contributed by atoms with Crippen LogP contribution in [-0.2, 0) is 13.1 Å². The summed E-state index contributed by atoms with van der Waals surface area (Å²) in [6.07, 6.45) is 7.13. The minimum Gasteiger partial charge on any atom is -0.507 e. The molecule has 4 aliphatic rings. The summed E-state index contributed by atoms with van der Waals surface area (Å²) >= 11 is 1.65. The van der Waals surface area contributed by atoms with E-state index in [1.165, 1.54) is 32.1 Å². The molecule has 250 valence electrons. The zero-order valence-electron chi connectivity index (χ0n) is 29.2. The Bertz CT molecular complexity index is 1840. The van der Waals surface area contributed by atoms with Crippen molar-refractivity contribution in [2.24, 2.45) is 21.7 Å². The molecule has 4 heterocycles. The van der Waals surface area contributed by atoms with Gasteiger partial charge in [-0.1, -0.05) is 53.7 Å². The van der Waals surface area contributed by atoms with Gasteiger partial charge in [0.05, 0.1) is 21.3 Å². The maximum absolute atomic E-state index is 12.2. The Hall–Kier alpha value is -2.94. The van der Waals surface area contributed by atoms with Crippen molar-refractivity contribution in [3.63, 3.8) is 0 Å². The maximum Gasteiger partial charge on any atom is 0.133 e. The first kappa shape index (κ1) is 31.3. The first-order chi connectivity index (χ1) is 22.1. The molecule has 4 fully saturated rings. The van der Waals surface area contributed by atoms with Gasteiger partial charge in [0.15, 0.2) is 0 Å². The SMILES string of the molecule is Cc1[nH]nc(-c2cc(CN3C[C@@]4(C)C[C@H]3CC(C)(C)C4)c(O)c(CN3C[C@@]4(C)C[C@H]3CC(C)(C)C4)c2O)c1-c1nc2ccccc2s1. The molecule has 4 aromatic rings. The molecule has 8 rings (SSSR count). The molecular weight excluding hydrogens is 603 g/mol. The molecule has 0 amide bonds. The molecule has 47 heavy (non-hydrogen) atoms. The number of likely N-dealkylation sites (tertiary alicyclic amines) is 2. The van der Waals surface area contributed by atoms with Crippen molar-refractivity contribution in [3.05, 3.63) is 47.2 Å². The largest absolute Gasteiger partial charge is 0.507 e. The number of benzene rings is 2. The van der Waals surface area contributed by atoms with Crippen LogP contribution in [0.25, 0.3) is 32.0 Å². The second kappa shape index (κ2) is 10.5. The Morgan fingerprint density at radius 3 is 2.11 bits per heavy atom. The van der Waals surface area contributed by atoms with Crippen LogP contribution in [-0.4, -0.2) is 60.4 Å². The van der Waals surface area contributed by atoms with Gasteiger partial charge in [-0.2, -0.15) is 5.10 Å². The first-order valence-electron chi connectivity index (χ1n) is 17.6. The topological polar surface area (TPSA) is 88.5 Å². The number of para-hydroxylation sites is 1. The smallest absolute Gasteiger partial charge is 0.133 e. The molecule has 4 atom stereocenters. The lowest BCUT2D eigenvalue weighted by molar-refractivity contribution is 0.126. The highest BCUT2D eigenvalue weighted by Crippen LogP contribution is 2.55. The molecule has 2 aliphatic heterocycles. The van der Waals surface area contributed by atoms with E-state index in [-0.39, 0.29) is 16.9 Å². The average molecular weight is 654 g/mol. The normalized spacial score (nSPS) is 30.0. The van der Waals surface area contributed by atoms with Crippen molar-refractivity contribution >= 4 is 21.6 Å². The molecule has 0 spiro atoms. The summed E-state index contributed by atoms with van der Waals surface area (Å²) in [4.78, 5) is 10.1. The van der Waals surface area contributed by atoms with E-state index in [0.717, 1.165) is 51.6 Å². The summed E-state index contributed by atoms with van der Waals surface area (Å²) in [5, 5.41) is 33.2. The molecule has 3 N–H and O–H groups in total.